The number of amides is 1. The Hall–Kier alpha value is -1.92. The molecule has 1 aromatic heterocycles. The molecular formula is C14H19N5O. The van der Waals surface area contributed by atoms with Crippen molar-refractivity contribution < 1.29 is 4.79 Å². The molecule has 0 radical (unpaired) electrons. The number of nitrogens with zero attached hydrogens (tertiary/aromatic N) is 2. The average Bonchev–Trinajstić information content (AvgIpc) is 2.77. The summed E-state index contributed by atoms with van der Waals surface area (Å²) in [5.74, 6) is -0.121. The van der Waals surface area contributed by atoms with Crippen molar-refractivity contribution in [3.05, 3.63) is 30.0 Å². The number of para-hydroxylation sites is 1. The third-order valence-electron chi connectivity index (χ3n) is 3.61. The molecular weight excluding hydrogens is 254 g/mol. The first-order chi connectivity index (χ1) is 9.74. The van der Waals surface area contributed by atoms with E-state index in [0.29, 0.717) is 5.69 Å². The van der Waals surface area contributed by atoms with Gasteiger partial charge in [0.25, 0.3) is 5.91 Å². The lowest BCUT2D eigenvalue weighted by molar-refractivity contribution is 0.0928. The van der Waals surface area contributed by atoms with Crippen LogP contribution in [0.15, 0.2) is 24.3 Å². The number of benzene rings is 1. The topological polar surface area (TPSA) is 73.0 Å². The van der Waals surface area contributed by atoms with Crippen LogP contribution >= 0.6 is 0 Å². The van der Waals surface area contributed by atoms with Crippen molar-refractivity contribution in [1.29, 1.82) is 0 Å². The third-order valence-corrected chi connectivity index (χ3v) is 3.61. The molecule has 0 spiro atoms. The molecule has 3 N–H and O–H groups in total. The molecule has 3 rings (SSSR count). The molecule has 0 bridgehead atoms. The van der Waals surface area contributed by atoms with Crippen molar-refractivity contribution in [2.24, 2.45) is 0 Å². The highest BCUT2D eigenvalue weighted by atomic mass is 16.2. The monoisotopic (exact) mass is 273 g/mol. The molecule has 0 saturated carbocycles. The van der Waals surface area contributed by atoms with Gasteiger partial charge in [-0.3, -0.25) is 9.89 Å². The van der Waals surface area contributed by atoms with Gasteiger partial charge in [-0.25, -0.2) is 0 Å². The molecule has 2 heterocycles. The van der Waals surface area contributed by atoms with Crippen LogP contribution in [0.2, 0.25) is 0 Å². The van der Waals surface area contributed by atoms with Crippen LogP contribution in [-0.2, 0) is 0 Å². The summed E-state index contributed by atoms with van der Waals surface area (Å²) in [6.45, 7) is 3.59. The molecule has 1 saturated heterocycles. The number of fused-ring (bicyclic) bond motifs is 1. The molecule has 1 aliphatic heterocycles. The fourth-order valence-electron chi connectivity index (χ4n) is 2.57. The largest absolute Gasteiger partial charge is 0.345 e. The number of aromatic nitrogens is 2. The zero-order valence-corrected chi connectivity index (χ0v) is 11.5. The Kier molecular flexibility index (Phi) is 3.66. The van der Waals surface area contributed by atoms with E-state index >= 15 is 0 Å². The summed E-state index contributed by atoms with van der Waals surface area (Å²) in [5, 5.41) is 14.3. The standard InChI is InChI=1S/C14H19N5O/c1-19-7-6-15-8-10(9-19)16-14(20)13-11-4-2-3-5-12(11)17-18-13/h2-5,10,15H,6-9H2,1H3,(H,16,20)(H,17,18). The highest BCUT2D eigenvalue weighted by Crippen LogP contribution is 2.14. The van der Waals surface area contributed by atoms with E-state index in [0.717, 1.165) is 37.1 Å². The SMILES string of the molecule is CN1CCNCC(NC(=O)c2n[nH]c3ccccc23)C1. The van der Waals surface area contributed by atoms with E-state index in [1.807, 2.05) is 24.3 Å². The average molecular weight is 273 g/mol. The third kappa shape index (κ3) is 2.66. The molecule has 1 aromatic carbocycles. The van der Waals surface area contributed by atoms with E-state index < -0.39 is 0 Å². The Bertz CT molecular complexity index is 608. The second kappa shape index (κ2) is 5.60. The number of nitrogens with one attached hydrogen (secondary N) is 3. The van der Waals surface area contributed by atoms with Gasteiger partial charge in [0.15, 0.2) is 5.69 Å². The van der Waals surface area contributed by atoms with Crippen molar-refractivity contribution in [3.8, 4) is 0 Å². The van der Waals surface area contributed by atoms with Gasteiger partial charge in [0.1, 0.15) is 0 Å². The lowest BCUT2D eigenvalue weighted by Crippen LogP contribution is -2.45. The van der Waals surface area contributed by atoms with Crippen LogP contribution < -0.4 is 10.6 Å². The summed E-state index contributed by atoms with van der Waals surface area (Å²) in [6.07, 6.45) is 0. The Morgan fingerprint density at radius 1 is 1.45 bits per heavy atom. The van der Waals surface area contributed by atoms with Gasteiger partial charge in [0.2, 0.25) is 0 Å². The van der Waals surface area contributed by atoms with E-state index in [2.05, 4.69) is 32.8 Å². The van der Waals surface area contributed by atoms with E-state index in [1.165, 1.54) is 0 Å². The fraction of sp³-hybridized carbons (Fsp3) is 0.429. The summed E-state index contributed by atoms with van der Waals surface area (Å²) in [6, 6.07) is 7.76. The summed E-state index contributed by atoms with van der Waals surface area (Å²) < 4.78 is 0. The quantitative estimate of drug-likeness (QED) is 0.730. The molecule has 0 aliphatic carbocycles. The van der Waals surface area contributed by atoms with Gasteiger partial charge >= 0.3 is 0 Å². The second-order valence-corrected chi connectivity index (χ2v) is 5.25. The molecule has 20 heavy (non-hydrogen) atoms. The maximum absolute atomic E-state index is 12.4. The lowest BCUT2D eigenvalue weighted by atomic mass is 10.2. The van der Waals surface area contributed by atoms with Crippen molar-refractivity contribution >= 4 is 16.8 Å². The van der Waals surface area contributed by atoms with Crippen molar-refractivity contribution in [2.75, 3.05) is 33.2 Å². The van der Waals surface area contributed by atoms with Crippen LogP contribution in [0.3, 0.4) is 0 Å². The summed E-state index contributed by atoms with van der Waals surface area (Å²) in [4.78, 5) is 14.6. The van der Waals surface area contributed by atoms with Crippen LogP contribution in [-0.4, -0.2) is 60.3 Å². The first-order valence-corrected chi connectivity index (χ1v) is 6.87. The number of carbonyl (C=O) groups excluding carboxylic acids is 1. The minimum Gasteiger partial charge on any atom is -0.345 e. The first-order valence-electron chi connectivity index (χ1n) is 6.87. The molecule has 1 atom stereocenters. The van der Waals surface area contributed by atoms with Gasteiger partial charge in [-0.1, -0.05) is 18.2 Å². The van der Waals surface area contributed by atoms with Crippen molar-refractivity contribution in [3.63, 3.8) is 0 Å². The Balaban J connectivity index is 1.75. The first kappa shape index (κ1) is 13.1. The maximum Gasteiger partial charge on any atom is 0.272 e. The zero-order chi connectivity index (χ0) is 13.9. The number of aromatic amines is 1. The van der Waals surface area contributed by atoms with Crippen LogP contribution in [0.5, 0.6) is 0 Å². The Labute approximate surface area is 117 Å². The molecule has 1 aliphatic rings. The van der Waals surface area contributed by atoms with E-state index in [4.69, 9.17) is 0 Å². The fourth-order valence-corrected chi connectivity index (χ4v) is 2.57. The smallest absolute Gasteiger partial charge is 0.272 e. The van der Waals surface area contributed by atoms with E-state index in [1.54, 1.807) is 0 Å². The Morgan fingerprint density at radius 2 is 2.30 bits per heavy atom. The second-order valence-electron chi connectivity index (χ2n) is 5.25. The highest BCUT2D eigenvalue weighted by molar-refractivity contribution is 6.04. The minimum absolute atomic E-state index is 0.102. The number of H-pyrrole nitrogens is 1. The van der Waals surface area contributed by atoms with Gasteiger partial charge in [0, 0.05) is 31.6 Å². The van der Waals surface area contributed by atoms with Crippen molar-refractivity contribution in [2.45, 2.75) is 6.04 Å². The number of hydrogen-bond donors (Lipinski definition) is 3. The van der Waals surface area contributed by atoms with Gasteiger partial charge in [-0.2, -0.15) is 5.10 Å². The summed E-state index contributed by atoms with van der Waals surface area (Å²) in [7, 11) is 2.07. The predicted octanol–water partition coefficient (Wildman–Crippen LogP) is 0.196. The van der Waals surface area contributed by atoms with Crippen LogP contribution in [0.25, 0.3) is 10.9 Å². The predicted molar refractivity (Wildman–Crippen MR) is 77.7 cm³/mol. The van der Waals surface area contributed by atoms with Gasteiger partial charge < -0.3 is 15.5 Å². The summed E-state index contributed by atoms with van der Waals surface area (Å²) in [5.41, 5.74) is 1.35. The lowest BCUT2D eigenvalue weighted by Gasteiger charge is -2.20. The summed E-state index contributed by atoms with van der Waals surface area (Å²) >= 11 is 0. The van der Waals surface area contributed by atoms with Crippen LogP contribution in [0.4, 0.5) is 0 Å². The molecule has 1 amide bonds. The van der Waals surface area contributed by atoms with Crippen LogP contribution in [0.1, 0.15) is 10.5 Å². The molecule has 6 nitrogen and oxygen atoms in total. The van der Waals surface area contributed by atoms with Crippen molar-refractivity contribution in [1.82, 2.24) is 25.7 Å². The molecule has 106 valence electrons. The molecule has 6 heteroatoms. The molecule has 1 unspecified atom stereocenters. The number of carbonyl (C=O) groups is 1. The van der Waals surface area contributed by atoms with Gasteiger partial charge in [-0.15, -0.1) is 0 Å². The van der Waals surface area contributed by atoms with E-state index in [9.17, 15) is 4.79 Å². The molecule has 2 aromatic rings. The van der Waals surface area contributed by atoms with E-state index in [-0.39, 0.29) is 11.9 Å². The van der Waals surface area contributed by atoms with Gasteiger partial charge in [-0.05, 0) is 13.1 Å². The number of likely N-dealkylation sites (N-methyl/N-ethyl adjacent to an activating group) is 1. The normalized spacial score (nSPS) is 20.8. The number of hydrogen-bond acceptors (Lipinski definition) is 4. The maximum atomic E-state index is 12.4. The van der Waals surface area contributed by atoms with Gasteiger partial charge in [0.05, 0.1) is 11.6 Å². The minimum atomic E-state index is -0.121. The number of rotatable bonds is 2. The Morgan fingerprint density at radius 3 is 3.20 bits per heavy atom. The highest BCUT2D eigenvalue weighted by Gasteiger charge is 2.20. The zero-order valence-electron chi connectivity index (χ0n) is 11.5. The molecule has 1 fully saturated rings. The van der Waals surface area contributed by atoms with Crippen LogP contribution in [0, 0.1) is 0 Å².